The van der Waals surface area contributed by atoms with E-state index in [0.717, 1.165) is 0 Å². The Morgan fingerprint density at radius 1 is 1.40 bits per heavy atom. The van der Waals surface area contributed by atoms with Gasteiger partial charge in [0.2, 0.25) is 5.91 Å². The first-order valence-electron chi connectivity index (χ1n) is 6.84. The fraction of sp³-hybridized carbons (Fsp3) is 0.533. The van der Waals surface area contributed by atoms with Gasteiger partial charge >= 0.3 is 0 Å². The molecule has 0 bridgehead atoms. The van der Waals surface area contributed by atoms with Crippen LogP contribution >= 0.6 is 0 Å². The van der Waals surface area contributed by atoms with Crippen LogP contribution in [0, 0.1) is 5.82 Å². The second-order valence-corrected chi connectivity index (χ2v) is 5.38. The van der Waals surface area contributed by atoms with Crippen LogP contribution in [0.2, 0.25) is 0 Å². The van der Waals surface area contributed by atoms with Crippen LogP contribution in [0.15, 0.2) is 24.3 Å². The van der Waals surface area contributed by atoms with Crippen LogP contribution in [-0.2, 0) is 9.53 Å². The lowest BCUT2D eigenvalue weighted by Gasteiger charge is -2.37. The van der Waals surface area contributed by atoms with Gasteiger partial charge in [-0.2, -0.15) is 0 Å². The topological polar surface area (TPSA) is 55.6 Å². The van der Waals surface area contributed by atoms with Gasteiger partial charge in [0.15, 0.2) is 0 Å². The van der Waals surface area contributed by atoms with E-state index in [1.165, 1.54) is 11.0 Å². The molecule has 1 aliphatic heterocycles. The quantitative estimate of drug-likeness (QED) is 0.919. The minimum absolute atomic E-state index is 0.156. The fourth-order valence-electron chi connectivity index (χ4n) is 2.50. The van der Waals surface area contributed by atoms with E-state index in [4.69, 9.17) is 10.5 Å². The van der Waals surface area contributed by atoms with Gasteiger partial charge in [-0.3, -0.25) is 4.79 Å². The Hall–Kier alpha value is -1.46. The van der Waals surface area contributed by atoms with E-state index in [-0.39, 0.29) is 17.8 Å². The summed E-state index contributed by atoms with van der Waals surface area (Å²) in [5.41, 5.74) is 5.80. The van der Waals surface area contributed by atoms with Gasteiger partial charge in [0.1, 0.15) is 5.82 Å². The molecule has 0 radical (unpaired) electrons. The van der Waals surface area contributed by atoms with Crippen LogP contribution in [0.1, 0.15) is 31.4 Å². The number of likely N-dealkylation sites (N-methyl/N-ethyl adjacent to an activating group) is 1. The van der Waals surface area contributed by atoms with Crippen molar-refractivity contribution < 1.29 is 13.9 Å². The monoisotopic (exact) mass is 280 g/mol. The molecule has 0 spiro atoms. The number of halogens is 1. The molecular weight excluding hydrogens is 259 g/mol. The molecule has 4 nitrogen and oxygen atoms in total. The van der Waals surface area contributed by atoms with Crippen molar-refractivity contribution >= 4 is 5.91 Å². The van der Waals surface area contributed by atoms with Gasteiger partial charge in [-0.15, -0.1) is 0 Å². The van der Waals surface area contributed by atoms with Gasteiger partial charge in [0.25, 0.3) is 0 Å². The van der Waals surface area contributed by atoms with Crippen LogP contribution in [-0.4, -0.2) is 36.6 Å². The average Bonchev–Trinajstić information content (AvgIpc) is 2.46. The third-order valence-corrected chi connectivity index (χ3v) is 4.07. The predicted molar refractivity (Wildman–Crippen MR) is 74.6 cm³/mol. The molecule has 1 amide bonds. The number of carbonyl (C=O) groups is 1. The molecule has 1 aromatic carbocycles. The largest absolute Gasteiger partial charge is 0.381 e. The van der Waals surface area contributed by atoms with E-state index in [1.807, 2.05) is 0 Å². The highest BCUT2D eigenvalue weighted by molar-refractivity contribution is 5.86. The van der Waals surface area contributed by atoms with Crippen LogP contribution < -0.4 is 5.73 Å². The Balaban J connectivity index is 2.16. The number of amides is 1. The summed E-state index contributed by atoms with van der Waals surface area (Å²) in [4.78, 5) is 14.1. The Kier molecular flexibility index (Phi) is 4.40. The molecule has 1 atom stereocenters. The maximum Gasteiger partial charge on any atom is 0.243 e. The molecule has 0 aromatic heterocycles. The van der Waals surface area contributed by atoms with Crippen molar-refractivity contribution in [1.29, 1.82) is 0 Å². The average molecular weight is 280 g/mol. The maximum atomic E-state index is 13.8. The number of ether oxygens (including phenoxy) is 1. The van der Waals surface area contributed by atoms with Gasteiger partial charge < -0.3 is 15.4 Å². The lowest BCUT2D eigenvalue weighted by atomic mass is 9.89. The summed E-state index contributed by atoms with van der Waals surface area (Å²) in [6.45, 7) is 2.79. The van der Waals surface area contributed by atoms with E-state index in [9.17, 15) is 9.18 Å². The lowest BCUT2D eigenvalue weighted by Crippen LogP contribution is -2.57. The zero-order valence-electron chi connectivity index (χ0n) is 11.9. The van der Waals surface area contributed by atoms with Gasteiger partial charge in [-0.05, 0) is 25.8 Å². The van der Waals surface area contributed by atoms with Crippen molar-refractivity contribution in [1.82, 2.24) is 4.90 Å². The first-order chi connectivity index (χ1) is 9.46. The Morgan fingerprint density at radius 3 is 2.60 bits per heavy atom. The van der Waals surface area contributed by atoms with Gasteiger partial charge in [-0.1, -0.05) is 18.2 Å². The summed E-state index contributed by atoms with van der Waals surface area (Å²) in [6.07, 6.45) is 1.00. The standard InChI is InChI=1S/C15H21FN2O2/c1-11(12-5-3-4-6-13(12)16)18(2)14(19)15(17)7-9-20-10-8-15/h3-6,11H,7-10,17H2,1-2H3. The summed E-state index contributed by atoms with van der Waals surface area (Å²) >= 11 is 0. The van der Waals surface area contributed by atoms with Crippen LogP contribution in [0.25, 0.3) is 0 Å². The van der Waals surface area contributed by atoms with Crippen molar-refractivity contribution in [3.8, 4) is 0 Å². The van der Waals surface area contributed by atoms with E-state index < -0.39 is 5.54 Å². The molecule has 2 N–H and O–H groups in total. The molecule has 0 saturated carbocycles. The SMILES string of the molecule is CC(c1ccccc1F)N(C)C(=O)C1(N)CCOCC1. The molecule has 1 unspecified atom stereocenters. The minimum atomic E-state index is -0.896. The summed E-state index contributed by atoms with van der Waals surface area (Å²) < 4.78 is 19.1. The molecule has 110 valence electrons. The predicted octanol–water partition coefficient (Wildman–Crippen LogP) is 1.85. The molecule has 1 aromatic rings. The van der Waals surface area contributed by atoms with Crippen molar-refractivity contribution in [3.63, 3.8) is 0 Å². The highest BCUT2D eigenvalue weighted by Gasteiger charge is 2.39. The number of benzene rings is 1. The zero-order valence-corrected chi connectivity index (χ0v) is 11.9. The Bertz CT molecular complexity index is 487. The van der Waals surface area contributed by atoms with Crippen molar-refractivity contribution in [3.05, 3.63) is 35.6 Å². The number of rotatable bonds is 3. The van der Waals surface area contributed by atoms with E-state index >= 15 is 0 Å². The first-order valence-corrected chi connectivity index (χ1v) is 6.84. The van der Waals surface area contributed by atoms with Crippen molar-refractivity contribution in [2.24, 2.45) is 5.73 Å². The molecular formula is C15H21FN2O2. The summed E-state index contributed by atoms with van der Waals surface area (Å²) in [5.74, 6) is -0.464. The molecule has 20 heavy (non-hydrogen) atoms. The van der Waals surface area contributed by atoms with Crippen LogP contribution in [0.3, 0.4) is 0 Å². The van der Waals surface area contributed by atoms with E-state index in [0.29, 0.717) is 31.6 Å². The smallest absolute Gasteiger partial charge is 0.243 e. The normalized spacial score (nSPS) is 19.4. The third-order valence-electron chi connectivity index (χ3n) is 4.07. The number of nitrogens with two attached hydrogens (primary N) is 1. The molecule has 2 rings (SSSR count). The number of hydrogen-bond donors (Lipinski definition) is 1. The Labute approximate surface area is 118 Å². The Morgan fingerprint density at radius 2 is 2.00 bits per heavy atom. The first kappa shape index (κ1) is 14.9. The summed E-state index contributed by atoms with van der Waals surface area (Å²) in [5, 5.41) is 0. The minimum Gasteiger partial charge on any atom is -0.381 e. The van der Waals surface area contributed by atoms with E-state index in [2.05, 4.69) is 0 Å². The van der Waals surface area contributed by atoms with Gasteiger partial charge in [0.05, 0.1) is 11.6 Å². The third kappa shape index (κ3) is 2.83. The van der Waals surface area contributed by atoms with E-state index in [1.54, 1.807) is 32.2 Å². The molecule has 0 aliphatic carbocycles. The van der Waals surface area contributed by atoms with Crippen molar-refractivity contribution in [2.45, 2.75) is 31.3 Å². The fourth-order valence-corrected chi connectivity index (χ4v) is 2.50. The highest BCUT2D eigenvalue weighted by atomic mass is 19.1. The molecule has 1 saturated heterocycles. The molecule has 1 fully saturated rings. The lowest BCUT2D eigenvalue weighted by molar-refractivity contribution is -0.141. The highest BCUT2D eigenvalue weighted by Crippen LogP contribution is 2.27. The van der Waals surface area contributed by atoms with Crippen LogP contribution in [0.4, 0.5) is 4.39 Å². The second-order valence-electron chi connectivity index (χ2n) is 5.38. The molecule has 1 heterocycles. The molecule has 5 heteroatoms. The summed E-state index contributed by atoms with van der Waals surface area (Å²) in [7, 11) is 1.67. The zero-order chi connectivity index (χ0) is 14.8. The number of hydrogen-bond acceptors (Lipinski definition) is 3. The van der Waals surface area contributed by atoms with Crippen molar-refractivity contribution in [2.75, 3.05) is 20.3 Å². The number of nitrogens with zero attached hydrogens (tertiary/aromatic N) is 1. The second kappa shape index (κ2) is 5.89. The number of carbonyl (C=O) groups excluding carboxylic acids is 1. The summed E-state index contributed by atoms with van der Waals surface area (Å²) in [6, 6.07) is 6.14. The van der Waals surface area contributed by atoms with Gasteiger partial charge in [0, 0.05) is 25.8 Å². The molecule has 1 aliphatic rings. The van der Waals surface area contributed by atoms with Gasteiger partial charge in [-0.25, -0.2) is 4.39 Å². The maximum absolute atomic E-state index is 13.8. The van der Waals surface area contributed by atoms with Crippen LogP contribution in [0.5, 0.6) is 0 Å².